The molecule has 0 radical (unpaired) electrons. The molecule has 2 aromatic heterocycles. The number of benzene rings is 1. The number of rotatable bonds is 4. The van der Waals surface area contributed by atoms with Crippen molar-refractivity contribution in [3.8, 4) is 23.8 Å². The van der Waals surface area contributed by atoms with E-state index in [0.717, 1.165) is 27.1 Å². The third kappa shape index (κ3) is 2.72. The Morgan fingerprint density at radius 3 is 2.92 bits per heavy atom. The van der Waals surface area contributed by atoms with Gasteiger partial charge in [-0.25, -0.2) is 15.0 Å². The number of hydrogen-bond acceptors (Lipinski definition) is 7. The van der Waals surface area contributed by atoms with Crippen LogP contribution in [0.2, 0.25) is 0 Å². The predicted octanol–water partition coefficient (Wildman–Crippen LogP) is 2.62. The van der Waals surface area contributed by atoms with E-state index in [2.05, 4.69) is 20.9 Å². The Hall–Kier alpha value is -2.92. The van der Waals surface area contributed by atoms with Crippen LogP contribution in [0.4, 0.5) is 5.82 Å². The lowest BCUT2D eigenvalue weighted by molar-refractivity contribution is 0.174. The Balaban J connectivity index is 1.79. The van der Waals surface area contributed by atoms with Gasteiger partial charge in [-0.3, -0.25) is 0 Å². The quantitative estimate of drug-likeness (QED) is 0.721. The summed E-state index contributed by atoms with van der Waals surface area (Å²) in [5.41, 5.74) is 8.29. The number of anilines is 1. The summed E-state index contributed by atoms with van der Waals surface area (Å²) in [6.07, 6.45) is 7.44. The number of ether oxygens (including phenoxy) is 2. The molecule has 0 spiro atoms. The maximum absolute atomic E-state index is 5.95. The van der Waals surface area contributed by atoms with E-state index in [1.54, 1.807) is 0 Å². The topological polar surface area (TPSA) is 88.1 Å². The number of imidazole rings is 1. The Labute approximate surface area is 148 Å². The lowest BCUT2D eigenvalue weighted by Gasteiger charge is -2.09. The van der Waals surface area contributed by atoms with Gasteiger partial charge in [-0.15, -0.1) is 12.3 Å². The molecule has 0 saturated heterocycles. The molecule has 7 nitrogen and oxygen atoms in total. The van der Waals surface area contributed by atoms with Crippen molar-refractivity contribution in [2.45, 2.75) is 29.9 Å². The van der Waals surface area contributed by atoms with Crippen LogP contribution in [-0.2, 0) is 6.54 Å². The smallest absolute Gasteiger partial charge is 0.231 e. The van der Waals surface area contributed by atoms with E-state index >= 15 is 0 Å². The van der Waals surface area contributed by atoms with Gasteiger partial charge in [0.15, 0.2) is 33.6 Å². The van der Waals surface area contributed by atoms with Crippen molar-refractivity contribution >= 4 is 28.7 Å². The molecule has 0 fully saturated rings. The van der Waals surface area contributed by atoms with Crippen LogP contribution < -0.4 is 15.2 Å². The number of aromatic nitrogens is 4. The first kappa shape index (κ1) is 15.6. The van der Waals surface area contributed by atoms with Crippen LogP contribution in [0.1, 0.15) is 12.0 Å². The molecule has 0 atom stereocenters. The molecule has 25 heavy (non-hydrogen) atoms. The van der Waals surface area contributed by atoms with Crippen molar-refractivity contribution < 1.29 is 9.47 Å². The number of fused-ring (bicyclic) bond motifs is 2. The lowest BCUT2D eigenvalue weighted by Crippen LogP contribution is -2.01. The van der Waals surface area contributed by atoms with Gasteiger partial charge in [0.2, 0.25) is 6.79 Å². The van der Waals surface area contributed by atoms with Crippen LogP contribution in [-0.4, -0.2) is 26.3 Å². The molecule has 3 aromatic rings. The van der Waals surface area contributed by atoms with Gasteiger partial charge in [0.1, 0.15) is 6.33 Å². The second-order valence-corrected chi connectivity index (χ2v) is 6.51. The fraction of sp³-hybridized carbons (Fsp3) is 0.235. The van der Waals surface area contributed by atoms with Gasteiger partial charge >= 0.3 is 0 Å². The van der Waals surface area contributed by atoms with Crippen LogP contribution in [0.3, 0.4) is 0 Å². The SMILES string of the molecule is C#CCCn1c(Sc2cc3c(cc2C)OCO3)nc2c(N)ncnc21. The van der Waals surface area contributed by atoms with Crippen molar-refractivity contribution in [1.82, 2.24) is 19.5 Å². The van der Waals surface area contributed by atoms with E-state index < -0.39 is 0 Å². The summed E-state index contributed by atoms with van der Waals surface area (Å²) in [7, 11) is 0. The summed E-state index contributed by atoms with van der Waals surface area (Å²) < 4.78 is 12.9. The molecule has 8 heteroatoms. The zero-order valence-corrected chi connectivity index (χ0v) is 14.3. The summed E-state index contributed by atoms with van der Waals surface area (Å²) in [6, 6.07) is 3.93. The Bertz CT molecular complexity index is 1010. The van der Waals surface area contributed by atoms with Gasteiger partial charge in [-0.2, -0.15) is 0 Å². The predicted molar refractivity (Wildman–Crippen MR) is 94.6 cm³/mol. The van der Waals surface area contributed by atoms with E-state index in [1.807, 2.05) is 23.6 Å². The zero-order chi connectivity index (χ0) is 17.4. The molecule has 1 aliphatic heterocycles. The Morgan fingerprint density at radius 1 is 1.32 bits per heavy atom. The summed E-state index contributed by atoms with van der Waals surface area (Å²) in [6.45, 7) is 2.87. The van der Waals surface area contributed by atoms with E-state index in [4.69, 9.17) is 21.6 Å². The molecule has 126 valence electrons. The van der Waals surface area contributed by atoms with Crippen LogP contribution in [0.15, 0.2) is 28.5 Å². The third-order valence-corrected chi connectivity index (χ3v) is 5.03. The summed E-state index contributed by atoms with van der Waals surface area (Å²) >= 11 is 1.52. The van der Waals surface area contributed by atoms with Crippen molar-refractivity contribution in [3.05, 3.63) is 24.0 Å². The minimum atomic E-state index is 0.246. The molecule has 1 aromatic carbocycles. The van der Waals surface area contributed by atoms with E-state index in [9.17, 15) is 0 Å². The Kier molecular flexibility index (Phi) is 3.86. The van der Waals surface area contributed by atoms with Gasteiger partial charge in [-0.05, 0) is 24.6 Å². The minimum absolute atomic E-state index is 0.246. The number of nitrogen functional groups attached to an aromatic ring is 1. The molecule has 0 amide bonds. The molecule has 1 aliphatic rings. The van der Waals surface area contributed by atoms with Gasteiger partial charge in [-0.1, -0.05) is 11.8 Å². The second-order valence-electron chi connectivity index (χ2n) is 5.50. The molecule has 0 aliphatic carbocycles. The van der Waals surface area contributed by atoms with Crippen molar-refractivity contribution in [3.63, 3.8) is 0 Å². The van der Waals surface area contributed by atoms with E-state index in [1.165, 1.54) is 18.1 Å². The summed E-state index contributed by atoms with van der Waals surface area (Å²) in [5.74, 6) is 4.50. The van der Waals surface area contributed by atoms with E-state index in [-0.39, 0.29) is 6.79 Å². The van der Waals surface area contributed by atoms with Crippen LogP contribution in [0.25, 0.3) is 11.2 Å². The van der Waals surface area contributed by atoms with E-state index in [0.29, 0.717) is 29.9 Å². The maximum atomic E-state index is 5.95. The van der Waals surface area contributed by atoms with Crippen molar-refractivity contribution in [2.24, 2.45) is 0 Å². The second kappa shape index (κ2) is 6.18. The largest absolute Gasteiger partial charge is 0.454 e. The van der Waals surface area contributed by atoms with Crippen LogP contribution >= 0.6 is 11.8 Å². The van der Waals surface area contributed by atoms with Gasteiger partial charge < -0.3 is 19.8 Å². The molecule has 3 heterocycles. The minimum Gasteiger partial charge on any atom is -0.454 e. The average Bonchev–Trinajstić information content (AvgIpc) is 3.18. The highest BCUT2D eigenvalue weighted by atomic mass is 32.2. The Morgan fingerprint density at radius 2 is 2.12 bits per heavy atom. The number of nitrogens with zero attached hydrogens (tertiary/aromatic N) is 4. The number of terminal acetylenes is 1. The molecule has 2 N–H and O–H groups in total. The van der Waals surface area contributed by atoms with Crippen LogP contribution in [0, 0.1) is 19.3 Å². The monoisotopic (exact) mass is 353 g/mol. The molecule has 0 bridgehead atoms. The average molecular weight is 353 g/mol. The third-order valence-electron chi connectivity index (χ3n) is 3.88. The highest BCUT2D eigenvalue weighted by Crippen LogP contribution is 2.40. The first-order valence-electron chi connectivity index (χ1n) is 7.65. The molecular weight excluding hydrogens is 338 g/mol. The van der Waals surface area contributed by atoms with Crippen LogP contribution in [0.5, 0.6) is 11.5 Å². The van der Waals surface area contributed by atoms with Crippen molar-refractivity contribution in [2.75, 3.05) is 12.5 Å². The highest BCUT2D eigenvalue weighted by Gasteiger charge is 2.20. The number of hydrogen-bond donors (Lipinski definition) is 1. The fourth-order valence-electron chi connectivity index (χ4n) is 2.62. The van der Waals surface area contributed by atoms with Gasteiger partial charge in [0.05, 0.1) is 0 Å². The molecule has 0 unspecified atom stereocenters. The molecular formula is C17H15N5O2S. The molecule has 0 saturated carbocycles. The number of aryl methyl sites for hydroxylation is 2. The normalized spacial score (nSPS) is 12.5. The standard InChI is InChI=1S/C17H15N5O2S/c1-3-4-5-22-16-14(15(18)19-8-20-16)21-17(22)25-13-7-12-11(6-10(13)2)23-9-24-12/h1,6-8H,4-5,9H2,2H3,(H2,18,19,20). The first-order chi connectivity index (χ1) is 12.2. The number of nitrogens with two attached hydrogens (primary N) is 1. The maximum Gasteiger partial charge on any atom is 0.231 e. The summed E-state index contributed by atoms with van der Waals surface area (Å²) in [4.78, 5) is 14.0. The molecule has 4 rings (SSSR count). The zero-order valence-electron chi connectivity index (χ0n) is 13.5. The summed E-state index contributed by atoms with van der Waals surface area (Å²) in [5, 5.41) is 0.763. The van der Waals surface area contributed by atoms with Gasteiger partial charge in [0, 0.05) is 17.9 Å². The first-order valence-corrected chi connectivity index (χ1v) is 8.47. The van der Waals surface area contributed by atoms with Gasteiger partial charge in [0.25, 0.3) is 0 Å². The fourth-order valence-corrected chi connectivity index (χ4v) is 3.63. The highest BCUT2D eigenvalue weighted by molar-refractivity contribution is 7.99. The lowest BCUT2D eigenvalue weighted by atomic mass is 10.2. The van der Waals surface area contributed by atoms with Crippen molar-refractivity contribution in [1.29, 1.82) is 0 Å².